The van der Waals surface area contributed by atoms with E-state index in [0.29, 0.717) is 5.56 Å². The molecule has 0 unspecified atom stereocenters. The van der Waals surface area contributed by atoms with Crippen molar-refractivity contribution in [3.8, 4) is 17.6 Å². The van der Waals surface area contributed by atoms with E-state index in [0.717, 1.165) is 0 Å². The summed E-state index contributed by atoms with van der Waals surface area (Å²) in [5.74, 6) is 3.21. The number of hydrogen-bond donors (Lipinski definition) is 1. The fraction of sp³-hybridized carbons (Fsp3) is 0.167. The summed E-state index contributed by atoms with van der Waals surface area (Å²) < 4.78 is 9.27. The van der Waals surface area contributed by atoms with Crippen molar-refractivity contribution in [3.63, 3.8) is 0 Å². The van der Waals surface area contributed by atoms with Gasteiger partial charge in [-0.25, -0.2) is 9.59 Å². The summed E-state index contributed by atoms with van der Waals surface area (Å²) in [4.78, 5) is 21.6. The molecule has 0 bridgehead atoms. The van der Waals surface area contributed by atoms with Crippen LogP contribution in [0.2, 0.25) is 0 Å². The number of hydrogen-bond acceptors (Lipinski definition) is 4. The average Bonchev–Trinajstić information content (AvgIpc) is 2.35. The summed E-state index contributed by atoms with van der Waals surface area (Å²) in [6.07, 6.45) is 0. The molecule has 0 saturated heterocycles. The monoisotopic (exact) mass is 234 g/mol. The Bertz CT molecular complexity index is 507. The van der Waals surface area contributed by atoms with E-state index in [1.807, 2.05) is 0 Å². The molecule has 1 aromatic rings. The third-order valence-electron chi connectivity index (χ3n) is 1.93. The highest BCUT2D eigenvalue weighted by Crippen LogP contribution is 2.19. The van der Waals surface area contributed by atoms with Crippen LogP contribution in [-0.4, -0.2) is 31.3 Å². The Balaban J connectivity index is 3.08. The second kappa shape index (κ2) is 5.56. The van der Waals surface area contributed by atoms with Crippen LogP contribution in [0, 0.1) is 11.8 Å². The Kier molecular flexibility index (Phi) is 4.12. The van der Waals surface area contributed by atoms with Crippen molar-refractivity contribution in [1.29, 1.82) is 0 Å². The molecule has 0 aliphatic rings. The van der Waals surface area contributed by atoms with Gasteiger partial charge in [-0.1, -0.05) is 5.92 Å². The van der Waals surface area contributed by atoms with Crippen LogP contribution in [-0.2, 0) is 9.53 Å². The second-order valence-corrected chi connectivity index (χ2v) is 2.96. The van der Waals surface area contributed by atoms with Crippen molar-refractivity contribution >= 4 is 11.9 Å². The van der Waals surface area contributed by atoms with Crippen molar-refractivity contribution in [1.82, 2.24) is 0 Å². The summed E-state index contributed by atoms with van der Waals surface area (Å²) in [5, 5.41) is 8.85. The third kappa shape index (κ3) is 3.24. The van der Waals surface area contributed by atoms with Crippen LogP contribution in [0.15, 0.2) is 18.2 Å². The number of aromatic carboxylic acids is 1. The number of benzene rings is 1. The number of carboxylic acid groups (broad SMARTS) is 1. The molecule has 0 aliphatic heterocycles. The van der Waals surface area contributed by atoms with Crippen LogP contribution in [0.5, 0.6) is 5.75 Å². The smallest absolute Gasteiger partial charge is 0.384 e. The predicted molar refractivity (Wildman–Crippen MR) is 58.8 cm³/mol. The Morgan fingerprint density at radius 3 is 2.53 bits per heavy atom. The van der Waals surface area contributed by atoms with Crippen LogP contribution in [0.3, 0.4) is 0 Å². The summed E-state index contributed by atoms with van der Waals surface area (Å²) in [6.45, 7) is 0. The van der Waals surface area contributed by atoms with Gasteiger partial charge in [-0.3, -0.25) is 0 Å². The maximum atomic E-state index is 10.8. The average molecular weight is 234 g/mol. The Morgan fingerprint density at radius 1 is 1.29 bits per heavy atom. The van der Waals surface area contributed by atoms with Crippen molar-refractivity contribution in [3.05, 3.63) is 29.3 Å². The number of carboxylic acids is 1. The van der Waals surface area contributed by atoms with Crippen molar-refractivity contribution in [2.45, 2.75) is 0 Å². The number of carbonyl (C=O) groups excluding carboxylic acids is 1. The number of ether oxygens (including phenoxy) is 2. The normalized spacial score (nSPS) is 8.82. The quantitative estimate of drug-likeness (QED) is 0.608. The van der Waals surface area contributed by atoms with Gasteiger partial charge in [-0.05, 0) is 18.2 Å². The summed E-state index contributed by atoms with van der Waals surface area (Å²) in [5.41, 5.74) is 0.508. The highest BCUT2D eigenvalue weighted by atomic mass is 16.5. The summed E-state index contributed by atoms with van der Waals surface area (Å²) in [7, 11) is 2.59. The molecule has 1 aromatic carbocycles. The molecule has 0 saturated carbocycles. The lowest BCUT2D eigenvalue weighted by atomic mass is 10.1. The SMILES string of the molecule is COC(=O)C#Cc1ccc(C(=O)O)c(OC)c1. The van der Waals surface area contributed by atoms with E-state index >= 15 is 0 Å². The van der Waals surface area contributed by atoms with Gasteiger partial charge in [0, 0.05) is 11.5 Å². The minimum atomic E-state index is -1.09. The number of methoxy groups -OCH3 is 2. The zero-order chi connectivity index (χ0) is 12.8. The maximum Gasteiger partial charge on any atom is 0.384 e. The van der Waals surface area contributed by atoms with Gasteiger partial charge in [0.2, 0.25) is 0 Å². The van der Waals surface area contributed by atoms with Crippen LogP contribution >= 0.6 is 0 Å². The zero-order valence-electron chi connectivity index (χ0n) is 9.31. The molecule has 0 aliphatic carbocycles. The molecule has 0 fully saturated rings. The fourth-order valence-electron chi connectivity index (χ4n) is 1.12. The van der Waals surface area contributed by atoms with Gasteiger partial charge in [0.15, 0.2) is 0 Å². The van der Waals surface area contributed by atoms with Crippen LogP contribution in [0.4, 0.5) is 0 Å². The first kappa shape index (κ1) is 12.6. The van der Waals surface area contributed by atoms with Gasteiger partial charge in [-0.2, -0.15) is 0 Å². The maximum absolute atomic E-state index is 10.8. The highest BCUT2D eigenvalue weighted by molar-refractivity contribution is 5.91. The molecule has 5 nitrogen and oxygen atoms in total. The van der Waals surface area contributed by atoms with Crippen LogP contribution in [0.1, 0.15) is 15.9 Å². The van der Waals surface area contributed by atoms with E-state index in [1.54, 1.807) is 0 Å². The second-order valence-electron chi connectivity index (χ2n) is 2.96. The lowest BCUT2D eigenvalue weighted by Crippen LogP contribution is -2.00. The first-order chi connectivity index (χ1) is 8.08. The first-order valence-corrected chi connectivity index (χ1v) is 4.59. The zero-order valence-corrected chi connectivity index (χ0v) is 9.31. The molecule has 17 heavy (non-hydrogen) atoms. The minimum absolute atomic E-state index is 0.0381. The predicted octanol–water partition coefficient (Wildman–Crippen LogP) is 0.918. The molecule has 0 aromatic heterocycles. The molecule has 0 atom stereocenters. The Labute approximate surface area is 98.0 Å². The number of carbonyl (C=O) groups is 2. The molecule has 0 amide bonds. The summed E-state index contributed by atoms with van der Waals surface area (Å²) in [6, 6.07) is 4.30. The van der Waals surface area contributed by atoms with Crippen molar-refractivity contribution < 1.29 is 24.2 Å². The summed E-state index contributed by atoms with van der Waals surface area (Å²) >= 11 is 0. The lowest BCUT2D eigenvalue weighted by molar-refractivity contribution is -0.133. The number of esters is 1. The Hall–Kier alpha value is -2.48. The van der Waals surface area contributed by atoms with Gasteiger partial charge >= 0.3 is 11.9 Å². The standard InChI is InChI=1S/C12H10O5/c1-16-10-7-8(4-6-11(13)17-2)3-5-9(10)12(14)15/h3,5,7H,1-2H3,(H,14,15). The van der Waals surface area contributed by atoms with E-state index in [-0.39, 0.29) is 11.3 Å². The fourth-order valence-corrected chi connectivity index (χ4v) is 1.12. The molecule has 88 valence electrons. The first-order valence-electron chi connectivity index (χ1n) is 4.59. The minimum Gasteiger partial charge on any atom is -0.496 e. The molecule has 0 heterocycles. The van der Waals surface area contributed by atoms with E-state index in [1.165, 1.54) is 32.4 Å². The molecule has 5 heteroatoms. The van der Waals surface area contributed by atoms with Gasteiger partial charge < -0.3 is 14.6 Å². The molecular weight excluding hydrogens is 224 g/mol. The molecule has 1 rings (SSSR count). The van der Waals surface area contributed by atoms with Gasteiger partial charge in [0.05, 0.1) is 14.2 Å². The van der Waals surface area contributed by atoms with E-state index in [9.17, 15) is 9.59 Å². The van der Waals surface area contributed by atoms with Crippen LogP contribution in [0.25, 0.3) is 0 Å². The van der Waals surface area contributed by atoms with Gasteiger partial charge in [0.25, 0.3) is 0 Å². The van der Waals surface area contributed by atoms with E-state index in [4.69, 9.17) is 9.84 Å². The largest absolute Gasteiger partial charge is 0.496 e. The topological polar surface area (TPSA) is 72.8 Å². The van der Waals surface area contributed by atoms with Gasteiger partial charge in [0.1, 0.15) is 11.3 Å². The molecule has 0 radical (unpaired) electrons. The van der Waals surface area contributed by atoms with E-state index in [2.05, 4.69) is 16.6 Å². The number of rotatable bonds is 2. The van der Waals surface area contributed by atoms with Crippen molar-refractivity contribution in [2.75, 3.05) is 14.2 Å². The van der Waals surface area contributed by atoms with Crippen molar-refractivity contribution in [2.24, 2.45) is 0 Å². The third-order valence-corrected chi connectivity index (χ3v) is 1.93. The molecule has 0 spiro atoms. The van der Waals surface area contributed by atoms with Gasteiger partial charge in [-0.15, -0.1) is 0 Å². The molecule has 1 N–H and O–H groups in total. The van der Waals surface area contributed by atoms with E-state index < -0.39 is 11.9 Å². The lowest BCUT2D eigenvalue weighted by Gasteiger charge is -2.04. The molecular formula is C12H10O5. The Morgan fingerprint density at radius 2 is 2.00 bits per heavy atom. The highest BCUT2D eigenvalue weighted by Gasteiger charge is 2.10. The van der Waals surface area contributed by atoms with Crippen LogP contribution < -0.4 is 4.74 Å².